The van der Waals surface area contributed by atoms with Gasteiger partial charge in [-0.1, -0.05) is 50.0 Å². The van der Waals surface area contributed by atoms with Crippen LogP contribution in [0, 0.1) is 23.0 Å². The number of aliphatic carboxylic acids is 1. The van der Waals surface area contributed by atoms with Gasteiger partial charge in [-0.15, -0.1) is 0 Å². The summed E-state index contributed by atoms with van der Waals surface area (Å²) in [7, 11) is 0. The minimum absolute atomic E-state index is 0.0128. The second-order valence-corrected chi connectivity index (χ2v) is 9.17. The number of benzene rings is 1. The van der Waals surface area contributed by atoms with Gasteiger partial charge in [0.25, 0.3) is 11.6 Å². The average molecular weight is 461 g/mol. The van der Waals surface area contributed by atoms with Crippen molar-refractivity contribution >= 4 is 51.9 Å². The van der Waals surface area contributed by atoms with Crippen LogP contribution in [0.3, 0.4) is 0 Å². The first-order valence-corrected chi connectivity index (χ1v) is 10.7. The molecule has 0 aliphatic carbocycles. The lowest BCUT2D eigenvalue weighted by Gasteiger charge is -2.24. The SMILES string of the molecule is Cc1ccc(-c2ccc(/C=C3/SC(=S)N(C(CC(C)C)C(=O)O)C3=O)o2)cc1[N+](=O)[O-]. The predicted octanol–water partition coefficient (Wildman–Crippen LogP) is 4.86. The fraction of sp³-hybridized carbons (Fsp3) is 0.286. The molecule has 0 saturated carbocycles. The van der Waals surface area contributed by atoms with Crippen LogP contribution in [-0.4, -0.2) is 37.2 Å². The van der Waals surface area contributed by atoms with Gasteiger partial charge in [0.15, 0.2) is 0 Å². The van der Waals surface area contributed by atoms with Crippen molar-refractivity contribution in [3.05, 3.63) is 56.7 Å². The molecule has 0 spiro atoms. The third kappa shape index (κ3) is 4.86. The highest BCUT2D eigenvalue weighted by Crippen LogP contribution is 2.36. The Morgan fingerprint density at radius 3 is 2.68 bits per heavy atom. The molecule has 31 heavy (non-hydrogen) atoms. The summed E-state index contributed by atoms with van der Waals surface area (Å²) < 4.78 is 5.94. The summed E-state index contributed by atoms with van der Waals surface area (Å²) in [5, 5.41) is 20.7. The highest BCUT2D eigenvalue weighted by Gasteiger charge is 2.40. The topological polar surface area (TPSA) is 114 Å². The molecular formula is C21H20N2O6S2. The number of nitro groups is 1. The quantitative estimate of drug-likeness (QED) is 0.270. The van der Waals surface area contributed by atoms with E-state index in [0.29, 0.717) is 22.6 Å². The van der Waals surface area contributed by atoms with E-state index < -0.39 is 22.8 Å². The fourth-order valence-electron chi connectivity index (χ4n) is 3.19. The van der Waals surface area contributed by atoms with E-state index in [1.807, 2.05) is 13.8 Å². The molecular weight excluding hydrogens is 440 g/mol. The summed E-state index contributed by atoms with van der Waals surface area (Å²) in [6.07, 6.45) is 1.78. The van der Waals surface area contributed by atoms with Gasteiger partial charge in [-0.3, -0.25) is 19.8 Å². The molecule has 0 radical (unpaired) electrons. The number of nitrogens with zero attached hydrogens (tertiary/aromatic N) is 2. The standard InChI is InChI=1S/C21H20N2O6S2/c1-11(2)8-16(20(25)26)22-19(24)18(31-21(22)30)10-14-6-7-17(29-14)13-5-4-12(3)15(9-13)23(27)28/h4-7,9-11,16H,8H2,1-3H3,(H,25,26)/b18-10+. The highest BCUT2D eigenvalue weighted by molar-refractivity contribution is 8.26. The number of furan rings is 1. The fourth-order valence-corrected chi connectivity index (χ4v) is 4.52. The Balaban J connectivity index is 1.87. The van der Waals surface area contributed by atoms with Crippen LogP contribution < -0.4 is 0 Å². The monoisotopic (exact) mass is 460 g/mol. The van der Waals surface area contributed by atoms with E-state index in [-0.39, 0.29) is 27.3 Å². The van der Waals surface area contributed by atoms with E-state index in [1.165, 1.54) is 12.1 Å². The Bertz CT molecular complexity index is 1110. The highest BCUT2D eigenvalue weighted by atomic mass is 32.2. The number of carbonyl (C=O) groups excluding carboxylic acids is 1. The molecule has 2 aromatic rings. The maximum absolute atomic E-state index is 12.9. The van der Waals surface area contributed by atoms with Crippen LogP contribution in [0.2, 0.25) is 0 Å². The molecule has 8 nitrogen and oxygen atoms in total. The molecule has 1 unspecified atom stereocenters. The number of hydrogen-bond acceptors (Lipinski definition) is 7. The van der Waals surface area contributed by atoms with Gasteiger partial charge in [-0.05, 0) is 31.4 Å². The number of amides is 1. The molecule has 1 saturated heterocycles. The third-order valence-electron chi connectivity index (χ3n) is 4.71. The lowest BCUT2D eigenvalue weighted by molar-refractivity contribution is -0.385. The maximum Gasteiger partial charge on any atom is 0.326 e. The van der Waals surface area contributed by atoms with Gasteiger partial charge in [0.05, 0.1) is 9.83 Å². The van der Waals surface area contributed by atoms with Gasteiger partial charge >= 0.3 is 5.97 Å². The Morgan fingerprint density at radius 1 is 1.35 bits per heavy atom. The molecule has 162 valence electrons. The summed E-state index contributed by atoms with van der Waals surface area (Å²) in [5.74, 6) is -0.747. The van der Waals surface area contributed by atoms with E-state index in [0.717, 1.165) is 16.7 Å². The van der Waals surface area contributed by atoms with Crippen LogP contribution in [0.4, 0.5) is 5.69 Å². The van der Waals surface area contributed by atoms with Crippen molar-refractivity contribution in [3.63, 3.8) is 0 Å². The molecule has 1 aromatic heterocycles. The smallest absolute Gasteiger partial charge is 0.326 e. The van der Waals surface area contributed by atoms with Crippen LogP contribution in [0.15, 0.2) is 39.7 Å². The van der Waals surface area contributed by atoms with Gasteiger partial charge in [0, 0.05) is 23.3 Å². The van der Waals surface area contributed by atoms with Gasteiger partial charge in [0.1, 0.15) is 21.9 Å². The average Bonchev–Trinajstić information content (AvgIpc) is 3.25. The molecule has 1 N–H and O–H groups in total. The lowest BCUT2D eigenvalue weighted by atomic mass is 10.0. The minimum Gasteiger partial charge on any atom is -0.480 e. The van der Waals surface area contributed by atoms with Crippen LogP contribution >= 0.6 is 24.0 Å². The van der Waals surface area contributed by atoms with Crippen molar-refractivity contribution in [2.24, 2.45) is 5.92 Å². The minimum atomic E-state index is -1.10. The molecule has 1 aliphatic rings. The summed E-state index contributed by atoms with van der Waals surface area (Å²) in [5.41, 5.74) is 1.06. The van der Waals surface area contributed by atoms with Crippen molar-refractivity contribution < 1.29 is 24.0 Å². The zero-order valence-electron chi connectivity index (χ0n) is 17.0. The van der Waals surface area contributed by atoms with Crippen molar-refractivity contribution in [1.29, 1.82) is 0 Å². The van der Waals surface area contributed by atoms with Crippen molar-refractivity contribution in [3.8, 4) is 11.3 Å². The van der Waals surface area contributed by atoms with Gasteiger partial charge in [-0.2, -0.15) is 0 Å². The largest absolute Gasteiger partial charge is 0.480 e. The first-order chi connectivity index (χ1) is 14.6. The summed E-state index contributed by atoms with van der Waals surface area (Å²) in [6, 6.07) is 7.05. The summed E-state index contributed by atoms with van der Waals surface area (Å²) in [6.45, 7) is 5.41. The molecule has 2 heterocycles. The van der Waals surface area contributed by atoms with Gasteiger partial charge < -0.3 is 9.52 Å². The number of thiocarbonyl (C=S) groups is 1. The molecule has 1 aromatic carbocycles. The van der Waals surface area contributed by atoms with E-state index in [1.54, 1.807) is 31.2 Å². The first kappa shape index (κ1) is 22.7. The molecule has 1 fully saturated rings. The second-order valence-electron chi connectivity index (χ2n) is 7.50. The Kier molecular flexibility index (Phi) is 6.61. The maximum atomic E-state index is 12.9. The molecule has 1 aliphatic heterocycles. The second kappa shape index (κ2) is 9.03. The first-order valence-electron chi connectivity index (χ1n) is 9.43. The number of carboxylic acids is 1. The molecule has 10 heteroatoms. The molecule has 3 rings (SSSR count). The zero-order chi connectivity index (χ0) is 22.9. The van der Waals surface area contributed by atoms with E-state index in [4.69, 9.17) is 16.6 Å². The number of carboxylic acid groups (broad SMARTS) is 1. The van der Waals surface area contributed by atoms with E-state index in [9.17, 15) is 24.8 Å². The molecule has 1 atom stereocenters. The van der Waals surface area contributed by atoms with Crippen molar-refractivity contribution in [2.45, 2.75) is 33.2 Å². The van der Waals surface area contributed by atoms with E-state index in [2.05, 4.69) is 0 Å². The van der Waals surface area contributed by atoms with Crippen LogP contribution in [0.25, 0.3) is 17.4 Å². The molecule has 1 amide bonds. The number of aryl methyl sites for hydroxylation is 1. The van der Waals surface area contributed by atoms with Crippen LogP contribution in [-0.2, 0) is 9.59 Å². The number of hydrogen-bond donors (Lipinski definition) is 1. The predicted molar refractivity (Wildman–Crippen MR) is 121 cm³/mol. The van der Waals surface area contributed by atoms with Gasteiger partial charge in [-0.25, -0.2) is 4.79 Å². The number of rotatable bonds is 7. The Labute approximate surface area is 188 Å². The van der Waals surface area contributed by atoms with Crippen LogP contribution in [0.1, 0.15) is 31.6 Å². The Morgan fingerprint density at radius 2 is 2.06 bits per heavy atom. The Hall–Kier alpha value is -2.98. The van der Waals surface area contributed by atoms with Crippen molar-refractivity contribution in [1.82, 2.24) is 4.90 Å². The number of carbonyl (C=O) groups is 2. The third-order valence-corrected chi connectivity index (χ3v) is 6.04. The van der Waals surface area contributed by atoms with Crippen LogP contribution in [0.5, 0.6) is 0 Å². The molecule has 0 bridgehead atoms. The normalized spacial score (nSPS) is 16.4. The lowest BCUT2D eigenvalue weighted by Crippen LogP contribution is -2.44. The number of thioether (sulfide) groups is 1. The zero-order valence-corrected chi connectivity index (χ0v) is 18.7. The summed E-state index contributed by atoms with van der Waals surface area (Å²) in [4.78, 5) is 36.7. The number of nitro benzene ring substituents is 1. The van der Waals surface area contributed by atoms with E-state index >= 15 is 0 Å². The van der Waals surface area contributed by atoms with Crippen molar-refractivity contribution in [2.75, 3.05) is 0 Å². The van der Waals surface area contributed by atoms with Gasteiger partial charge in [0.2, 0.25) is 0 Å². The summed E-state index contributed by atoms with van der Waals surface area (Å²) >= 11 is 6.28.